The maximum atomic E-state index is 11.9. The van der Waals surface area contributed by atoms with Crippen molar-refractivity contribution in [1.82, 2.24) is 5.32 Å². The minimum Gasteiger partial charge on any atom is -0.493 e. The van der Waals surface area contributed by atoms with Crippen molar-refractivity contribution in [2.24, 2.45) is 11.1 Å². The van der Waals surface area contributed by atoms with Crippen LogP contribution < -0.4 is 10.1 Å². The van der Waals surface area contributed by atoms with Gasteiger partial charge in [-0.2, -0.15) is 0 Å². The van der Waals surface area contributed by atoms with E-state index in [0.717, 1.165) is 37.5 Å². The molecule has 1 fully saturated rings. The van der Waals surface area contributed by atoms with Gasteiger partial charge in [-0.1, -0.05) is 23.4 Å². The summed E-state index contributed by atoms with van der Waals surface area (Å²) >= 11 is 0. The van der Waals surface area contributed by atoms with E-state index < -0.39 is 0 Å². The highest BCUT2D eigenvalue weighted by molar-refractivity contribution is 6.01. The molecule has 1 N–H and O–H groups in total. The molecule has 1 aromatic rings. The van der Waals surface area contributed by atoms with Gasteiger partial charge in [0.15, 0.2) is 0 Å². The van der Waals surface area contributed by atoms with Crippen LogP contribution in [0, 0.1) is 5.92 Å². The normalized spacial score (nSPS) is 22.8. The molecule has 2 heterocycles. The standard InChI is InChI=1S/C18H24N2O4/c21-18(19-12-14-6-8-22-13-14)11-15-10-17(24-20-15)7-9-23-16-4-2-1-3-5-16/h1-5,14,17H,6-13H2,(H,19,21). The second-order valence-corrected chi connectivity index (χ2v) is 6.25. The molecule has 2 atom stereocenters. The van der Waals surface area contributed by atoms with Gasteiger partial charge >= 0.3 is 0 Å². The largest absolute Gasteiger partial charge is 0.493 e. The Morgan fingerprint density at radius 2 is 2.21 bits per heavy atom. The van der Waals surface area contributed by atoms with Gasteiger partial charge in [-0.05, 0) is 18.6 Å². The minimum atomic E-state index is -0.000237. The van der Waals surface area contributed by atoms with Gasteiger partial charge in [0, 0.05) is 31.9 Å². The fourth-order valence-corrected chi connectivity index (χ4v) is 2.82. The summed E-state index contributed by atoms with van der Waals surface area (Å²) < 4.78 is 11.0. The van der Waals surface area contributed by atoms with E-state index in [0.29, 0.717) is 31.9 Å². The number of oxime groups is 1. The summed E-state index contributed by atoms with van der Waals surface area (Å²) in [6.45, 7) is 2.80. The monoisotopic (exact) mass is 332 g/mol. The van der Waals surface area contributed by atoms with E-state index in [1.54, 1.807) is 0 Å². The van der Waals surface area contributed by atoms with Crippen LogP contribution >= 0.6 is 0 Å². The van der Waals surface area contributed by atoms with Crippen molar-refractivity contribution >= 4 is 11.6 Å². The SMILES string of the molecule is O=C(CC1=NOC(CCOc2ccccc2)C1)NCC1CCOC1. The minimum absolute atomic E-state index is 0.000237. The zero-order valence-corrected chi connectivity index (χ0v) is 13.8. The lowest BCUT2D eigenvalue weighted by molar-refractivity contribution is -0.120. The van der Waals surface area contributed by atoms with E-state index >= 15 is 0 Å². The summed E-state index contributed by atoms with van der Waals surface area (Å²) in [5, 5.41) is 6.99. The van der Waals surface area contributed by atoms with Gasteiger partial charge in [0.05, 0.1) is 25.3 Å². The van der Waals surface area contributed by atoms with Crippen molar-refractivity contribution in [1.29, 1.82) is 0 Å². The van der Waals surface area contributed by atoms with Crippen molar-refractivity contribution in [3.05, 3.63) is 30.3 Å². The predicted octanol–water partition coefficient (Wildman–Crippen LogP) is 2.14. The van der Waals surface area contributed by atoms with Crippen LogP contribution in [0.25, 0.3) is 0 Å². The number of ether oxygens (including phenoxy) is 2. The van der Waals surface area contributed by atoms with E-state index in [-0.39, 0.29) is 12.0 Å². The number of nitrogens with zero attached hydrogens (tertiary/aromatic N) is 1. The maximum Gasteiger partial charge on any atom is 0.225 e. The van der Waals surface area contributed by atoms with Gasteiger partial charge in [-0.3, -0.25) is 4.79 Å². The van der Waals surface area contributed by atoms with Gasteiger partial charge in [-0.15, -0.1) is 0 Å². The second kappa shape index (κ2) is 8.68. The lowest BCUT2D eigenvalue weighted by Crippen LogP contribution is -2.30. The zero-order valence-electron chi connectivity index (χ0n) is 13.8. The van der Waals surface area contributed by atoms with Crippen LogP contribution in [-0.2, 0) is 14.4 Å². The number of hydrogen-bond acceptors (Lipinski definition) is 5. The molecule has 1 amide bonds. The van der Waals surface area contributed by atoms with Crippen LogP contribution in [0.15, 0.2) is 35.5 Å². The van der Waals surface area contributed by atoms with Crippen molar-refractivity contribution in [2.45, 2.75) is 31.8 Å². The number of para-hydroxylation sites is 1. The zero-order chi connectivity index (χ0) is 16.6. The van der Waals surface area contributed by atoms with E-state index in [1.165, 1.54) is 0 Å². The number of carbonyl (C=O) groups is 1. The van der Waals surface area contributed by atoms with Gasteiger partial charge in [0.1, 0.15) is 11.9 Å². The average molecular weight is 332 g/mol. The number of carbonyl (C=O) groups excluding carboxylic acids is 1. The third-order valence-electron chi connectivity index (χ3n) is 4.22. The molecule has 6 heteroatoms. The topological polar surface area (TPSA) is 69.2 Å². The molecule has 2 unspecified atom stereocenters. The first-order valence-corrected chi connectivity index (χ1v) is 8.53. The Hall–Kier alpha value is -2.08. The molecule has 2 aliphatic heterocycles. The Labute approximate surface area is 142 Å². The molecule has 3 rings (SSSR count). The lowest BCUT2D eigenvalue weighted by atomic mass is 10.1. The third-order valence-corrected chi connectivity index (χ3v) is 4.22. The van der Waals surface area contributed by atoms with Crippen molar-refractivity contribution in [3.63, 3.8) is 0 Å². The van der Waals surface area contributed by atoms with Crippen LogP contribution in [-0.4, -0.2) is 44.1 Å². The summed E-state index contributed by atoms with van der Waals surface area (Å²) in [5.41, 5.74) is 0.805. The molecule has 0 spiro atoms. The first-order chi connectivity index (χ1) is 11.8. The molecule has 6 nitrogen and oxygen atoms in total. The van der Waals surface area contributed by atoms with Gasteiger partial charge in [0.25, 0.3) is 0 Å². The van der Waals surface area contributed by atoms with E-state index in [9.17, 15) is 4.79 Å². The summed E-state index contributed by atoms with van der Waals surface area (Å²) in [6.07, 6.45) is 2.78. The molecule has 1 saturated heterocycles. The molecular formula is C18H24N2O4. The van der Waals surface area contributed by atoms with E-state index in [1.807, 2.05) is 30.3 Å². The van der Waals surface area contributed by atoms with Crippen LogP contribution in [0.1, 0.15) is 25.7 Å². The third kappa shape index (κ3) is 5.23. The lowest BCUT2D eigenvalue weighted by Gasteiger charge is -2.10. The first-order valence-electron chi connectivity index (χ1n) is 8.53. The van der Waals surface area contributed by atoms with E-state index in [4.69, 9.17) is 14.3 Å². The fraction of sp³-hybridized carbons (Fsp3) is 0.556. The highest BCUT2D eigenvalue weighted by Gasteiger charge is 2.23. The quantitative estimate of drug-likeness (QED) is 0.792. The van der Waals surface area contributed by atoms with Crippen molar-refractivity contribution < 1.29 is 19.1 Å². The van der Waals surface area contributed by atoms with Crippen LogP contribution in [0.5, 0.6) is 5.75 Å². The Bertz CT molecular complexity index is 555. The number of rotatable bonds is 8. The van der Waals surface area contributed by atoms with Gasteiger partial charge < -0.3 is 19.6 Å². The maximum absolute atomic E-state index is 11.9. The predicted molar refractivity (Wildman–Crippen MR) is 90.0 cm³/mol. The summed E-state index contributed by atoms with van der Waals surface area (Å²) in [7, 11) is 0. The molecule has 0 bridgehead atoms. The Kier molecular flexibility index (Phi) is 6.07. The molecule has 24 heavy (non-hydrogen) atoms. The smallest absolute Gasteiger partial charge is 0.225 e. The molecule has 130 valence electrons. The highest BCUT2D eigenvalue weighted by Crippen LogP contribution is 2.17. The first kappa shape index (κ1) is 16.8. The molecule has 0 saturated carbocycles. The van der Waals surface area contributed by atoms with Gasteiger partial charge in [0.2, 0.25) is 5.91 Å². The van der Waals surface area contributed by atoms with Gasteiger partial charge in [-0.25, -0.2) is 0 Å². The molecule has 0 aliphatic carbocycles. The average Bonchev–Trinajstić information content (AvgIpc) is 3.26. The number of hydrogen-bond donors (Lipinski definition) is 1. The molecule has 2 aliphatic rings. The van der Waals surface area contributed by atoms with Crippen LogP contribution in [0.3, 0.4) is 0 Å². The summed E-state index contributed by atoms with van der Waals surface area (Å²) in [6, 6.07) is 9.70. The molecule has 0 radical (unpaired) electrons. The molecule has 0 aromatic heterocycles. The molecule has 1 aromatic carbocycles. The van der Waals surface area contributed by atoms with E-state index in [2.05, 4.69) is 10.5 Å². The summed E-state index contributed by atoms with van der Waals surface area (Å²) in [5.74, 6) is 1.30. The van der Waals surface area contributed by atoms with Crippen molar-refractivity contribution in [3.8, 4) is 5.75 Å². The summed E-state index contributed by atoms with van der Waals surface area (Å²) in [4.78, 5) is 17.3. The van der Waals surface area contributed by atoms with Crippen LogP contribution in [0.4, 0.5) is 0 Å². The fourth-order valence-electron chi connectivity index (χ4n) is 2.82. The number of amides is 1. The second-order valence-electron chi connectivity index (χ2n) is 6.25. The highest BCUT2D eigenvalue weighted by atomic mass is 16.6. The van der Waals surface area contributed by atoms with Crippen LogP contribution in [0.2, 0.25) is 0 Å². The number of nitrogens with one attached hydrogen (secondary N) is 1. The Morgan fingerprint density at radius 1 is 1.33 bits per heavy atom. The Morgan fingerprint density at radius 3 is 3.00 bits per heavy atom. The number of benzene rings is 1. The van der Waals surface area contributed by atoms with Crippen molar-refractivity contribution in [2.75, 3.05) is 26.4 Å². The molecular weight excluding hydrogens is 308 g/mol. The Balaban J connectivity index is 1.29.